The zero-order valence-electron chi connectivity index (χ0n) is 12.1. The number of carbonyl (C=O) groups is 1. The van der Waals surface area contributed by atoms with E-state index in [2.05, 4.69) is 10.6 Å². The minimum Gasteiger partial charge on any atom is -0.497 e. The van der Waals surface area contributed by atoms with Crippen molar-refractivity contribution in [3.8, 4) is 11.5 Å². The van der Waals surface area contributed by atoms with Crippen LogP contribution in [0.3, 0.4) is 0 Å². The fourth-order valence-electron chi connectivity index (χ4n) is 2.36. The molecule has 0 saturated carbocycles. The average molecular weight is 278 g/mol. The Morgan fingerprint density at radius 1 is 1.15 bits per heavy atom. The maximum absolute atomic E-state index is 12.3. The molecule has 1 atom stereocenters. The molecule has 1 unspecified atom stereocenters. The lowest BCUT2D eigenvalue weighted by atomic mass is 10.1. The van der Waals surface area contributed by atoms with Gasteiger partial charge in [-0.05, 0) is 19.4 Å². The second-order valence-electron chi connectivity index (χ2n) is 4.95. The molecule has 20 heavy (non-hydrogen) atoms. The SMILES string of the molecule is COc1cc(NC(=O)C2CCCCCN2)cc(OC)c1. The number of hydrogen-bond donors (Lipinski definition) is 2. The highest BCUT2D eigenvalue weighted by Crippen LogP contribution is 2.26. The third-order valence-electron chi connectivity index (χ3n) is 3.50. The van der Waals surface area contributed by atoms with E-state index in [0.717, 1.165) is 25.8 Å². The van der Waals surface area contributed by atoms with E-state index in [1.165, 1.54) is 6.42 Å². The molecule has 1 aliphatic heterocycles. The summed E-state index contributed by atoms with van der Waals surface area (Å²) in [5.41, 5.74) is 0.692. The van der Waals surface area contributed by atoms with Gasteiger partial charge in [0.2, 0.25) is 5.91 Å². The summed E-state index contributed by atoms with van der Waals surface area (Å²) in [4.78, 5) is 12.3. The van der Waals surface area contributed by atoms with Crippen LogP contribution in [-0.4, -0.2) is 32.7 Å². The van der Waals surface area contributed by atoms with Gasteiger partial charge in [-0.1, -0.05) is 12.8 Å². The van der Waals surface area contributed by atoms with Crippen LogP contribution in [0.2, 0.25) is 0 Å². The molecule has 1 fully saturated rings. The van der Waals surface area contributed by atoms with Crippen molar-refractivity contribution in [2.45, 2.75) is 31.7 Å². The summed E-state index contributed by atoms with van der Waals surface area (Å²) in [6.07, 6.45) is 4.29. The number of methoxy groups -OCH3 is 2. The van der Waals surface area contributed by atoms with Gasteiger partial charge in [0.1, 0.15) is 11.5 Å². The molecule has 0 aliphatic carbocycles. The molecule has 0 radical (unpaired) electrons. The first-order chi connectivity index (χ1) is 9.72. The Hall–Kier alpha value is -1.75. The number of nitrogens with one attached hydrogen (secondary N) is 2. The van der Waals surface area contributed by atoms with Crippen molar-refractivity contribution in [1.82, 2.24) is 5.32 Å². The van der Waals surface area contributed by atoms with Crippen molar-refractivity contribution < 1.29 is 14.3 Å². The van der Waals surface area contributed by atoms with E-state index < -0.39 is 0 Å². The van der Waals surface area contributed by atoms with Gasteiger partial charge in [0.15, 0.2) is 0 Å². The first-order valence-electron chi connectivity index (χ1n) is 7.00. The molecular weight excluding hydrogens is 256 g/mol. The predicted molar refractivity (Wildman–Crippen MR) is 78.4 cm³/mol. The molecule has 110 valence electrons. The highest BCUT2D eigenvalue weighted by molar-refractivity contribution is 5.95. The van der Waals surface area contributed by atoms with Crippen LogP contribution in [0.4, 0.5) is 5.69 Å². The number of ether oxygens (including phenoxy) is 2. The van der Waals surface area contributed by atoms with Gasteiger partial charge in [-0.2, -0.15) is 0 Å². The summed E-state index contributed by atoms with van der Waals surface area (Å²) < 4.78 is 10.4. The van der Waals surface area contributed by atoms with Crippen LogP contribution in [0.15, 0.2) is 18.2 Å². The lowest BCUT2D eigenvalue weighted by molar-refractivity contribution is -0.118. The Morgan fingerprint density at radius 3 is 2.50 bits per heavy atom. The van der Waals surface area contributed by atoms with Crippen LogP contribution in [0.5, 0.6) is 11.5 Å². The second kappa shape index (κ2) is 7.14. The van der Waals surface area contributed by atoms with E-state index in [1.807, 2.05) is 0 Å². The predicted octanol–water partition coefficient (Wildman–Crippen LogP) is 2.17. The van der Waals surface area contributed by atoms with Crippen LogP contribution in [0.25, 0.3) is 0 Å². The summed E-state index contributed by atoms with van der Waals surface area (Å²) in [6, 6.07) is 5.24. The fourth-order valence-corrected chi connectivity index (χ4v) is 2.36. The molecule has 1 amide bonds. The van der Waals surface area contributed by atoms with E-state index in [1.54, 1.807) is 32.4 Å². The van der Waals surface area contributed by atoms with Crippen LogP contribution >= 0.6 is 0 Å². The maximum Gasteiger partial charge on any atom is 0.241 e. The van der Waals surface area contributed by atoms with E-state index in [0.29, 0.717) is 17.2 Å². The Kier molecular flexibility index (Phi) is 5.24. The molecule has 1 aliphatic rings. The molecule has 1 saturated heterocycles. The lowest BCUT2D eigenvalue weighted by Gasteiger charge is -2.16. The molecule has 1 aromatic rings. The Morgan fingerprint density at radius 2 is 1.85 bits per heavy atom. The van der Waals surface area contributed by atoms with Gasteiger partial charge in [0.05, 0.1) is 20.3 Å². The third-order valence-corrected chi connectivity index (χ3v) is 3.50. The molecule has 2 N–H and O–H groups in total. The molecule has 1 aromatic carbocycles. The van der Waals surface area contributed by atoms with Crippen molar-refractivity contribution in [1.29, 1.82) is 0 Å². The van der Waals surface area contributed by atoms with Gasteiger partial charge in [-0.25, -0.2) is 0 Å². The number of amides is 1. The topological polar surface area (TPSA) is 59.6 Å². The number of carbonyl (C=O) groups excluding carboxylic acids is 1. The molecule has 2 rings (SSSR count). The number of anilines is 1. The van der Waals surface area contributed by atoms with Crippen molar-refractivity contribution in [3.05, 3.63) is 18.2 Å². The van der Waals surface area contributed by atoms with Crippen molar-refractivity contribution in [2.24, 2.45) is 0 Å². The largest absolute Gasteiger partial charge is 0.497 e. The van der Waals surface area contributed by atoms with Gasteiger partial charge in [-0.15, -0.1) is 0 Å². The van der Waals surface area contributed by atoms with Crippen LogP contribution < -0.4 is 20.1 Å². The average Bonchev–Trinajstić information content (AvgIpc) is 2.75. The highest BCUT2D eigenvalue weighted by Gasteiger charge is 2.19. The molecule has 5 heteroatoms. The quantitative estimate of drug-likeness (QED) is 0.886. The summed E-state index contributed by atoms with van der Waals surface area (Å²) in [5.74, 6) is 1.32. The minimum absolute atomic E-state index is 0.00204. The summed E-state index contributed by atoms with van der Waals surface area (Å²) in [6.45, 7) is 0.902. The molecule has 0 spiro atoms. The Labute approximate surface area is 119 Å². The third kappa shape index (κ3) is 3.87. The van der Waals surface area contributed by atoms with Gasteiger partial charge >= 0.3 is 0 Å². The molecular formula is C15H22N2O3. The van der Waals surface area contributed by atoms with E-state index in [9.17, 15) is 4.79 Å². The standard InChI is InChI=1S/C15H22N2O3/c1-19-12-8-11(9-13(10-12)20-2)17-15(18)14-6-4-3-5-7-16-14/h8-10,14,16H,3-7H2,1-2H3,(H,17,18). The van der Waals surface area contributed by atoms with Crippen LogP contribution in [0, 0.1) is 0 Å². The maximum atomic E-state index is 12.3. The smallest absolute Gasteiger partial charge is 0.241 e. The van der Waals surface area contributed by atoms with Gasteiger partial charge in [0, 0.05) is 23.9 Å². The van der Waals surface area contributed by atoms with E-state index in [-0.39, 0.29) is 11.9 Å². The zero-order chi connectivity index (χ0) is 14.4. The monoisotopic (exact) mass is 278 g/mol. The van der Waals surface area contributed by atoms with Crippen molar-refractivity contribution >= 4 is 11.6 Å². The number of hydrogen-bond acceptors (Lipinski definition) is 4. The molecule has 0 aromatic heterocycles. The van der Waals surface area contributed by atoms with Gasteiger partial charge in [0.25, 0.3) is 0 Å². The number of benzene rings is 1. The normalized spacial score (nSPS) is 19.0. The first kappa shape index (κ1) is 14.7. The molecule has 5 nitrogen and oxygen atoms in total. The Bertz CT molecular complexity index is 432. The van der Waals surface area contributed by atoms with E-state index in [4.69, 9.17) is 9.47 Å². The first-order valence-corrected chi connectivity index (χ1v) is 7.00. The van der Waals surface area contributed by atoms with Gasteiger partial charge in [-0.3, -0.25) is 4.79 Å². The second-order valence-corrected chi connectivity index (χ2v) is 4.95. The fraction of sp³-hybridized carbons (Fsp3) is 0.533. The highest BCUT2D eigenvalue weighted by atomic mass is 16.5. The minimum atomic E-state index is -0.116. The molecule has 1 heterocycles. The number of rotatable bonds is 4. The zero-order valence-corrected chi connectivity index (χ0v) is 12.1. The van der Waals surface area contributed by atoms with Crippen LogP contribution in [0.1, 0.15) is 25.7 Å². The van der Waals surface area contributed by atoms with Crippen molar-refractivity contribution in [2.75, 3.05) is 26.1 Å². The van der Waals surface area contributed by atoms with Crippen LogP contribution in [-0.2, 0) is 4.79 Å². The Balaban J connectivity index is 2.06. The summed E-state index contributed by atoms with van der Waals surface area (Å²) in [7, 11) is 3.18. The lowest BCUT2D eigenvalue weighted by Crippen LogP contribution is -2.39. The summed E-state index contributed by atoms with van der Waals surface area (Å²) >= 11 is 0. The molecule has 0 bridgehead atoms. The van der Waals surface area contributed by atoms with Gasteiger partial charge < -0.3 is 20.1 Å². The van der Waals surface area contributed by atoms with Crippen molar-refractivity contribution in [3.63, 3.8) is 0 Å². The summed E-state index contributed by atoms with van der Waals surface area (Å²) in [5, 5.41) is 6.21. The van der Waals surface area contributed by atoms with E-state index >= 15 is 0 Å².